The topological polar surface area (TPSA) is 47.6 Å². The van der Waals surface area contributed by atoms with Gasteiger partial charge in [0.1, 0.15) is 0 Å². The van der Waals surface area contributed by atoms with Crippen LogP contribution in [0, 0.1) is 6.92 Å². The molecule has 1 fully saturated rings. The second kappa shape index (κ2) is 7.34. The Bertz CT molecular complexity index is 664. The normalized spacial score (nSPS) is 19.2. The van der Waals surface area contributed by atoms with Crippen molar-refractivity contribution in [2.45, 2.75) is 72.5 Å². The highest BCUT2D eigenvalue weighted by atomic mass is 16.7. The van der Waals surface area contributed by atoms with E-state index in [-0.39, 0.29) is 17.1 Å². The van der Waals surface area contributed by atoms with Crippen LogP contribution in [0.4, 0.5) is 5.69 Å². The van der Waals surface area contributed by atoms with Gasteiger partial charge in [-0.05, 0) is 65.1 Å². The summed E-state index contributed by atoms with van der Waals surface area (Å²) in [5.41, 5.74) is 2.76. The summed E-state index contributed by atoms with van der Waals surface area (Å²) in [5.74, 6) is -0.0430. The van der Waals surface area contributed by atoms with Gasteiger partial charge in [-0.15, -0.1) is 0 Å². The summed E-state index contributed by atoms with van der Waals surface area (Å²) >= 11 is 0. The Morgan fingerprint density at radius 2 is 1.80 bits per heavy atom. The highest BCUT2D eigenvalue weighted by molar-refractivity contribution is 6.62. The van der Waals surface area contributed by atoms with E-state index in [1.54, 1.807) is 0 Å². The van der Waals surface area contributed by atoms with Crippen molar-refractivity contribution in [1.82, 2.24) is 0 Å². The molecule has 0 bridgehead atoms. The number of hydrogen-bond donors (Lipinski definition) is 1. The van der Waals surface area contributed by atoms with Crippen LogP contribution in [0.3, 0.4) is 0 Å². The van der Waals surface area contributed by atoms with Gasteiger partial charge >= 0.3 is 7.12 Å². The van der Waals surface area contributed by atoms with Gasteiger partial charge in [0.25, 0.3) is 5.91 Å². The molecule has 25 heavy (non-hydrogen) atoms. The zero-order valence-corrected chi connectivity index (χ0v) is 16.5. The van der Waals surface area contributed by atoms with Gasteiger partial charge in [-0.1, -0.05) is 31.6 Å². The van der Waals surface area contributed by atoms with Crippen molar-refractivity contribution >= 4 is 24.2 Å². The van der Waals surface area contributed by atoms with E-state index < -0.39 is 7.12 Å². The molecular formula is C20H30BNO3. The van der Waals surface area contributed by atoms with E-state index in [2.05, 4.69) is 12.2 Å². The van der Waals surface area contributed by atoms with Crippen molar-refractivity contribution in [3.8, 4) is 0 Å². The second-order valence-corrected chi connectivity index (χ2v) is 7.63. The number of carbonyl (C=O) groups excluding carboxylic acids is 1. The third-order valence-corrected chi connectivity index (χ3v) is 5.29. The van der Waals surface area contributed by atoms with Crippen LogP contribution in [0.5, 0.6) is 0 Å². The van der Waals surface area contributed by atoms with E-state index in [1.165, 1.54) is 0 Å². The maximum Gasteiger partial charge on any atom is 0.495 e. The Hall–Kier alpha value is -1.59. The predicted octanol–water partition coefficient (Wildman–Crippen LogP) is 3.98. The molecule has 1 aromatic carbocycles. The number of carbonyl (C=O) groups is 1. The zero-order chi connectivity index (χ0) is 18.8. The van der Waals surface area contributed by atoms with Crippen LogP contribution in [0.2, 0.25) is 0 Å². The summed E-state index contributed by atoms with van der Waals surface area (Å²) in [6, 6.07) is 5.84. The fraction of sp³-hybridized carbons (Fsp3) is 0.550. The van der Waals surface area contributed by atoms with Gasteiger partial charge in [0.15, 0.2) is 0 Å². The number of rotatable bonds is 5. The lowest BCUT2D eigenvalue weighted by Crippen LogP contribution is -2.41. The smallest absolute Gasteiger partial charge is 0.399 e. The largest absolute Gasteiger partial charge is 0.495 e. The Labute approximate surface area is 152 Å². The minimum Gasteiger partial charge on any atom is -0.399 e. The highest BCUT2D eigenvalue weighted by Crippen LogP contribution is 2.37. The maximum absolute atomic E-state index is 12.5. The first kappa shape index (κ1) is 19.7. The second-order valence-electron chi connectivity index (χ2n) is 7.63. The molecule has 1 amide bonds. The predicted molar refractivity (Wildman–Crippen MR) is 104 cm³/mol. The Morgan fingerprint density at radius 1 is 1.20 bits per heavy atom. The van der Waals surface area contributed by atoms with Crippen molar-refractivity contribution in [2.75, 3.05) is 5.32 Å². The first-order chi connectivity index (χ1) is 11.6. The van der Waals surface area contributed by atoms with Gasteiger partial charge < -0.3 is 14.6 Å². The lowest BCUT2D eigenvalue weighted by Gasteiger charge is -2.32. The fourth-order valence-electron chi connectivity index (χ4n) is 2.88. The van der Waals surface area contributed by atoms with Crippen molar-refractivity contribution in [3.05, 3.63) is 35.4 Å². The summed E-state index contributed by atoms with van der Waals surface area (Å²) in [6.45, 7) is 14.1. The number of anilines is 1. The number of nitrogens with one attached hydrogen (secondary N) is 1. The van der Waals surface area contributed by atoms with Crippen molar-refractivity contribution < 1.29 is 14.1 Å². The van der Waals surface area contributed by atoms with Crippen LogP contribution in [0.15, 0.2) is 29.8 Å². The molecule has 0 aliphatic carbocycles. The van der Waals surface area contributed by atoms with Crippen LogP contribution >= 0.6 is 0 Å². The number of allylic oxidation sites excluding steroid dienone is 1. The molecule has 0 aromatic heterocycles. The molecule has 2 rings (SSSR count). The van der Waals surface area contributed by atoms with Crippen LogP contribution in [-0.4, -0.2) is 24.2 Å². The lowest BCUT2D eigenvalue weighted by molar-refractivity contribution is -0.113. The summed E-state index contributed by atoms with van der Waals surface area (Å²) < 4.78 is 12.3. The van der Waals surface area contributed by atoms with E-state index in [4.69, 9.17) is 9.31 Å². The molecule has 1 N–H and O–H groups in total. The summed E-state index contributed by atoms with van der Waals surface area (Å²) in [7, 11) is -0.432. The monoisotopic (exact) mass is 343 g/mol. The third-order valence-electron chi connectivity index (χ3n) is 5.29. The summed E-state index contributed by atoms with van der Waals surface area (Å²) in [4.78, 5) is 12.5. The molecule has 0 spiro atoms. The van der Waals surface area contributed by atoms with Gasteiger partial charge in [0.2, 0.25) is 0 Å². The average Bonchev–Trinajstić information content (AvgIpc) is 2.74. The molecule has 0 unspecified atom stereocenters. The van der Waals surface area contributed by atoms with Gasteiger partial charge in [-0.3, -0.25) is 4.79 Å². The molecule has 0 saturated carbocycles. The number of amides is 1. The number of hydrogen-bond acceptors (Lipinski definition) is 3. The van der Waals surface area contributed by atoms with Crippen LogP contribution in [0.25, 0.3) is 0 Å². The quantitative estimate of drug-likeness (QED) is 0.650. The molecule has 5 heteroatoms. The molecule has 1 aliphatic rings. The molecule has 0 radical (unpaired) electrons. The lowest BCUT2D eigenvalue weighted by atomic mass is 9.76. The maximum atomic E-state index is 12.5. The molecule has 1 heterocycles. The minimum atomic E-state index is -0.432. The molecule has 4 nitrogen and oxygen atoms in total. The molecule has 1 saturated heterocycles. The molecular weight excluding hydrogens is 313 g/mol. The molecule has 136 valence electrons. The Kier molecular flexibility index (Phi) is 5.80. The van der Waals surface area contributed by atoms with Crippen molar-refractivity contribution in [2.24, 2.45) is 0 Å². The van der Waals surface area contributed by atoms with E-state index in [1.807, 2.05) is 65.8 Å². The Balaban J connectivity index is 2.25. The molecule has 1 aliphatic heterocycles. The van der Waals surface area contributed by atoms with Gasteiger partial charge in [0.05, 0.1) is 11.2 Å². The summed E-state index contributed by atoms with van der Waals surface area (Å²) in [5, 5.41) is 3.03. The average molecular weight is 343 g/mol. The standard InChI is InChI=1S/C20H30BNO3/c1-8-11-15(9-2)18(23)22-17-13-10-12-16(14(17)3)21-24-19(4,5)20(6,7)25-21/h9-10,12-13H,8,11H2,1-7H3,(H,22,23)/b15-9+. The van der Waals surface area contributed by atoms with Gasteiger partial charge in [-0.2, -0.15) is 0 Å². The van der Waals surface area contributed by atoms with Crippen molar-refractivity contribution in [3.63, 3.8) is 0 Å². The fourth-order valence-corrected chi connectivity index (χ4v) is 2.88. The SMILES string of the molecule is C/C=C(\CCC)C(=O)Nc1cccc(B2OC(C)(C)C(C)(C)O2)c1C. The van der Waals surface area contributed by atoms with E-state index in [0.717, 1.165) is 35.1 Å². The zero-order valence-electron chi connectivity index (χ0n) is 16.5. The van der Waals surface area contributed by atoms with E-state index in [9.17, 15) is 4.79 Å². The number of benzene rings is 1. The highest BCUT2D eigenvalue weighted by Gasteiger charge is 2.52. The third kappa shape index (κ3) is 3.99. The van der Waals surface area contributed by atoms with Crippen molar-refractivity contribution in [1.29, 1.82) is 0 Å². The summed E-state index contributed by atoms with van der Waals surface area (Å²) in [6.07, 6.45) is 3.60. The van der Waals surface area contributed by atoms with Crippen LogP contribution in [0.1, 0.15) is 59.9 Å². The van der Waals surface area contributed by atoms with E-state index >= 15 is 0 Å². The first-order valence-corrected chi connectivity index (χ1v) is 9.04. The van der Waals surface area contributed by atoms with E-state index in [0.29, 0.717) is 0 Å². The van der Waals surface area contributed by atoms with Gasteiger partial charge in [0, 0.05) is 11.3 Å². The molecule has 1 aromatic rings. The van der Waals surface area contributed by atoms with Crippen LogP contribution in [-0.2, 0) is 14.1 Å². The Morgan fingerprint density at radius 3 is 2.32 bits per heavy atom. The minimum absolute atomic E-state index is 0.0430. The first-order valence-electron chi connectivity index (χ1n) is 9.04. The van der Waals surface area contributed by atoms with Gasteiger partial charge in [-0.25, -0.2) is 0 Å². The molecule has 0 atom stereocenters. The van der Waals surface area contributed by atoms with Crippen LogP contribution < -0.4 is 10.8 Å².